The van der Waals surface area contributed by atoms with E-state index in [1.807, 2.05) is 0 Å². The molecule has 1 aliphatic rings. The molecule has 1 amide bonds. The van der Waals surface area contributed by atoms with Crippen molar-refractivity contribution in [2.45, 2.75) is 64.9 Å². The third-order valence-corrected chi connectivity index (χ3v) is 4.64. The molecule has 1 aromatic carbocycles. The Morgan fingerprint density at radius 2 is 1.52 bits per heavy atom. The average Bonchev–Trinajstić information content (AvgIpc) is 2.73. The molecular formula is C22H29NO10. The van der Waals surface area contributed by atoms with E-state index in [2.05, 4.69) is 5.32 Å². The van der Waals surface area contributed by atoms with Gasteiger partial charge < -0.3 is 33.7 Å². The van der Waals surface area contributed by atoms with Crippen LogP contribution in [0.4, 0.5) is 0 Å². The van der Waals surface area contributed by atoms with Gasteiger partial charge in [0.15, 0.2) is 18.5 Å². The van der Waals surface area contributed by atoms with Gasteiger partial charge in [-0.3, -0.25) is 19.2 Å². The third kappa shape index (κ3) is 8.03. The van der Waals surface area contributed by atoms with Crippen molar-refractivity contribution in [2.24, 2.45) is 0 Å². The molecule has 1 N–H and O–H groups in total. The van der Waals surface area contributed by atoms with Crippen LogP contribution in [-0.4, -0.2) is 68.2 Å². The Kier molecular flexibility index (Phi) is 9.61. The molecule has 0 radical (unpaired) electrons. The lowest BCUT2D eigenvalue weighted by Gasteiger charge is -2.44. The fourth-order valence-electron chi connectivity index (χ4n) is 3.33. The van der Waals surface area contributed by atoms with Gasteiger partial charge in [-0.15, -0.1) is 0 Å². The third-order valence-electron chi connectivity index (χ3n) is 4.64. The molecule has 0 bridgehead atoms. The molecule has 0 aromatic heterocycles. The number of hydrogen-bond acceptors (Lipinski definition) is 10. The first-order valence-corrected chi connectivity index (χ1v) is 10.3. The number of benzene rings is 1. The van der Waals surface area contributed by atoms with Gasteiger partial charge in [0.2, 0.25) is 5.91 Å². The van der Waals surface area contributed by atoms with E-state index in [0.29, 0.717) is 5.75 Å². The van der Waals surface area contributed by atoms with Gasteiger partial charge in [0, 0.05) is 27.7 Å². The normalized spacial score (nSPS) is 24.3. The second kappa shape index (κ2) is 12.2. The maximum absolute atomic E-state index is 11.9. The molecule has 11 nitrogen and oxygen atoms in total. The highest BCUT2D eigenvalue weighted by Crippen LogP contribution is 2.28. The summed E-state index contributed by atoms with van der Waals surface area (Å²) < 4.78 is 32.8. The second-order valence-corrected chi connectivity index (χ2v) is 7.38. The van der Waals surface area contributed by atoms with Crippen LogP contribution in [0, 0.1) is 0 Å². The zero-order chi connectivity index (χ0) is 24.5. The highest BCUT2D eigenvalue weighted by Gasteiger charge is 2.51. The molecule has 0 saturated carbocycles. The summed E-state index contributed by atoms with van der Waals surface area (Å²) in [6.07, 6.45) is -4.46. The number of methoxy groups -OCH3 is 1. The number of carbonyl (C=O) groups is 4. The van der Waals surface area contributed by atoms with Gasteiger partial charge in [-0.05, 0) is 17.7 Å². The van der Waals surface area contributed by atoms with E-state index >= 15 is 0 Å². The number of esters is 3. The van der Waals surface area contributed by atoms with Crippen LogP contribution < -0.4 is 10.1 Å². The second-order valence-electron chi connectivity index (χ2n) is 7.38. The monoisotopic (exact) mass is 467 g/mol. The van der Waals surface area contributed by atoms with Crippen LogP contribution in [0.3, 0.4) is 0 Å². The summed E-state index contributed by atoms with van der Waals surface area (Å²) >= 11 is 0. The first-order valence-electron chi connectivity index (χ1n) is 10.3. The predicted octanol–water partition coefficient (Wildman–Crippen LogP) is 0.868. The Morgan fingerprint density at radius 3 is 2.03 bits per heavy atom. The number of ether oxygens (including phenoxy) is 6. The minimum absolute atomic E-state index is 0.0794. The molecule has 0 aliphatic carbocycles. The zero-order valence-corrected chi connectivity index (χ0v) is 19.2. The van der Waals surface area contributed by atoms with E-state index in [4.69, 9.17) is 28.4 Å². The molecule has 1 saturated heterocycles. The van der Waals surface area contributed by atoms with Crippen LogP contribution in [0.2, 0.25) is 0 Å². The van der Waals surface area contributed by atoms with E-state index in [0.717, 1.165) is 5.56 Å². The molecule has 5 atom stereocenters. The summed E-state index contributed by atoms with van der Waals surface area (Å²) in [6.45, 7) is 4.63. The van der Waals surface area contributed by atoms with Crippen molar-refractivity contribution in [2.75, 3.05) is 13.7 Å². The van der Waals surface area contributed by atoms with Crippen LogP contribution >= 0.6 is 0 Å². The SMILES string of the molecule is COc1ccc(CO[C@H]2O[C@@H](COC(C)=O)[C@@H](OC(C)=O)[C@@H](OC(C)=O)[C@H]2NC(C)=O)cc1. The van der Waals surface area contributed by atoms with Crippen LogP contribution in [0.1, 0.15) is 33.3 Å². The van der Waals surface area contributed by atoms with Gasteiger partial charge in [-0.25, -0.2) is 0 Å². The molecule has 1 fully saturated rings. The Balaban J connectivity index is 2.33. The Bertz CT molecular complexity index is 840. The molecule has 0 unspecified atom stereocenters. The average molecular weight is 467 g/mol. The molecule has 1 aromatic rings. The Morgan fingerprint density at radius 1 is 0.909 bits per heavy atom. The lowest BCUT2D eigenvalue weighted by Crippen LogP contribution is -2.66. The maximum atomic E-state index is 11.9. The first kappa shape index (κ1) is 26.1. The van der Waals surface area contributed by atoms with Crippen molar-refractivity contribution < 1.29 is 47.6 Å². The molecule has 182 valence electrons. The Hall–Kier alpha value is -3.18. The first-order chi connectivity index (χ1) is 15.6. The number of carbonyl (C=O) groups excluding carboxylic acids is 4. The minimum Gasteiger partial charge on any atom is -0.497 e. The van der Waals surface area contributed by atoms with Gasteiger partial charge >= 0.3 is 17.9 Å². The van der Waals surface area contributed by atoms with Gasteiger partial charge in [0.25, 0.3) is 0 Å². The number of hydrogen-bond donors (Lipinski definition) is 1. The van der Waals surface area contributed by atoms with Crippen LogP contribution in [0.25, 0.3) is 0 Å². The standard InChI is InChI=1S/C22H29NO10/c1-12(24)23-19-21(32-15(4)27)20(31-14(3)26)18(11-29-13(2)25)33-22(19)30-10-16-6-8-17(28-5)9-7-16/h6-9,18-22H,10-11H2,1-5H3,(H,23,24)/t18-,19+,20+,21-,22-/m0/s1. The summed E-state index contributed by atoms with van der Waals surface area (Å²) in [4.78, 5) is 46.9. The smallest absolute Gasteiger partial charge is 0.303 e. The van der Waals surface area contributed by atoms with Crippen molar-refractivity contribution in [3.8, 4) is 5.75 Å². The van der Waals surface area contributed by atoms with Gasteiger partial charge in [-0.1, -0.05) is 12.1 Å². The molecular weight excluding hydrogens is 438 g/mol. The zero-order valence-electron chi connectivity index (χ0n) is 19.2. The van der Waals surface area contributed by atoms with Gasteiger partial charge in [-0.2, -0.15) is 0 Å². The van der Waals surface area contributed by atoms with Gasteiger partial charge in [0.05, 0.1) is 13.7 Å². The summed E-state index contributed by atoms with van der Waals surface area (Å²) in [5, 5.41) is 2.65. The van der Waals surface area contributed by atoms with Crippen LogP contribution in [0.5, 0.6) is 5.75 Å². The number of rotatable bonds is 9. The fraction of sp³-hybridized carbons (Fsp3) is 0.545. The van der Waals surface area contributed by atoms with E-state index in [1.54, 1.807) is 31.4 Å². The van der Waals surface area contributed by atoms with Crippen molar-refractivity contribution in [3.63, 3.8) is 0 Å². The molecule has 1 aliphatic heterocycles. The summed E-state index contributed by atoms with van der Waals surface area (Å²) in [6, 6.07) is 6.08. The fourth-order valence-corrected chi connectivity index (χ4v) is 3.33. The summed E-state index contributed by atoms with van der Waals surface area (Å²) in [5.41, 5.74) is 0.781. The molecule has 2 rings (SSSR count). The summed E-state index contributed by atoms with van der Waals surface area (Å²) in [7, 11) is 1.55. The number of amides is 1. The molecule has 11 heteroatoms. The topological polar surface area (TPSA) is 136 Å². The molecule has 33 heavy (non-hydrogen) atoms. The van der Waals surface area contributed by atoms with E-state index in [-0.39, 0.29) is 13.2 Å². The highest BCUT2D eigenvalue weighted by molar-refractivity contribution is 5.73. The van der Waals surface area contributed by atoms with Crippen molar-refractivity contribution in [3.05, 3.63) is 29.8 Å². The van der Waals surface area contributed by atoms with Crippen molar-refractivity contribution >= 4 is 23.8 Å². The minimum atomic E-state index is -1.16. The lowest BCUT2D eigenvalue weighted by atomic mass is 9.96. The predicted molar refractivity (Wildman–Crippen MR) is 112 cm³/mol. The van der Waals surface area contributed by atoms with E-state index in [1.165, 1.54) is 27.7 Å². The van der Waals surface area contributed by atoms with Crippen LogP contribution in [0.15, 0.2) is 24.3 Å². The van der Waals surface area contributed by atoms with E-state index < -0.39 is 54.5 Å². The molecule has 1 heterocycles. The van der Waals surface area contributed by atoms with Gasteiger partial charge in [0.1, 0.15) is 24.5 Å². The largest absolute Gasteiger partial charge is 0.497 e. The maximum Gasteiger partial charge on any atom is 0.303 e. The summed E-state index contributed by atoms with van der Waals surface area (Å²) in [5.74, 6) is -1.70. The van der Waals surface area contributed by atoms with Crippen molar-refractivity contribution in [1.82, 2.24) is 5.32 Å². The van der Waals surface area contributed by atoms with Crippen LogP contribution in [-0.2, 0) is 49.5 Å². The quantitative estimate of drug-likeness (QED) is 0.411. The number of nitrogens with one attached hydrogen (secondary N) is 1. The lowest BCUT2D eigenvalue weighted by molar-refractivity contribution is -0.280. The highest BCUT2D eigenvalue weighted by atomic mass is 16.7. The van der Waals surface area contributed by atoms with E-state index in [9.17, 15) is 19.2 Å². The Labute approximate surface area is 191 Å². The van der Waals surface area contributed by atoms with Crippen molar-refractivity contribution in [1.29, 1.82) is 0 Å². The molecule has 0 spiro atoms.